The zero-order valence-electron chi connectivity index (χ0n) is 21.1. The topological polar surface area (TPSA) is 85.8 Å². The third kappa shape index (κ3) is 5.51. The first kappa shape index (κ1) is 24.2. The molecule has 5 aromatic rings. The quantitative estimate of drug-likeness (QED) is 0.285. The Morgan fingerprint density at radius 3 is 2.32 bits per heavy atom. The van der Waals surface area contributed by atoms with Gasteiger partial charge in [-0.25, -0.2) is 4.68 Å². The van der Waals surface area contributed by atoms with Gasteiger partial charge < -0.3 is 9.73 Å². The fourth-order valence-electron chi connectivity index (χ4n) is 4.33. The van der Waals surface area contributed by atoms with E-state index in [0.29, 0.717) is 29.5 Å². The number of aromatic nitrogens is 4. The van der Waals surface area contributed by atoms with Crippen LogP contribution in [0.1, 0.15) is 58.9 Å². The van der Waals surface area contributed by atoms with Gasteiger partial charge in [0.25, 0.3) is 11.8 Å². The average molecular weight is 492 g/mol. The van der Waals surface area contributed by atoms with E-state index in [1.54, 1.807) is 6.92 Å². The van der Waals surface area contributed by atoms with Crippen LogP contribution in [0.4, 0.5) is 0 Å². The molecule has 0 saturated heterocycles. The van der Waals surface area contributed by atoms with Gasteiger partial charge in [-0.1, -0.05) is 80.6 Å². The van der Waals surface area contributed by atoms with Gasteiger partial charge in [0.2, 0.25) is 5.89 Å². The molecule has 1 amide bonds. The standard InChI is InChI=1S/C30H29N5O2/c1-20(2)28-19-27(30-33-32-21(3)37-30)34-35(28)25-16-10-15-24(18-25)29(36)31-26(23-13-8-5-9-14-23)17-22-11-6-4-7-12-22/h4-16,18-20,26H,17H2,1-3H3,(H,31,36). The number of benzene rings is 3. The van der Waals surface area contributed by atoms with Crippen LogP contribution < -0.4 is 5.32 Å². The highest BCUT2D eigenvalue weighted by Crippen LogP contribution is 2.26. The lowest BCUT2D eigenvalue weighted by molar-refractivity contribution is 0.0936. The Morgan fingerprint density at radius 1 is 0.919 bits per heavy atom. The molecule has 3 aromatic carbocycles. The summed E-state index contributed by atoms with van der Waals surface area (Å²) in [4.78, 5) is 13.5. The normalized spacial score (nSPS) is 12.0. The smallest absolute Gasteiger partial charge is 0.268 e. The summed E-state index contributed by atoms with van der Waals surface area (Å²) in [7, 11) is 0. The number of amides is 1. The van der Waals surface area contributed by atoms with Gasteiger partial charge in [-0.2, -0.15) is 5.10 Å². The average Bonchev–Trinajstić information content (AvgIpc) is 3.56. The number of carbonyl (C=O) groups is 1. The summed E-state index contributed by atoms with van der Waals surface area (Å²) < 4.78 is 7.43. The Hall–Kier alpha value is -4.52. The van der Waals surface area contributed by atoms with Crippen molar-refractivity contribution in [3.05, 3.63) is 119 Å². The molecule has 0 saturated carbocycles. The Bertz CT molecular complexity index is 1490. The van der Waals surface area contributed by atoms with Crippen LogP contribution >= 0.6 is 0 Å². The molecule has 2 heterocycles. The zero-order chi connectivity index (χ0) is 25.8. The molecule has 0 aliphatic rings. The van der Waals surface area contributed by atoms with E-state index in [0.717, 1.165) is 22.5 Å². The molecule has 0 spiro atoms. The van der Waals surface area contributed by atoms with E-state index in [1.807, 2.05) is 83.5 Å². The third-order valence-corrected chi connectivity index (χ3v) is 6.22. The van der Waals surface area contributed by atoms with Gasteiger partial charge in [0.15, 0.2) is 0 Å². The van der Waals surface area contributed by atoms with E-state index in [4.69, 9.17) is 9.52 Å². The number of carbonyl (C=O) groups excluding carboxylic acids is 1. The fraction of sp³-hybridized carbons (Fsp3) is 0.200. The van der Waals surface area contributed by atoms with E-state index in [2.05, 4.69) is 41.5 Å². The van der Waals surface area contributed by atoms with Crippen LogP contribution in [0.15, 0.2) is 95.4 Å². The van der Waals surface area contributed by atoms with Crippen molar-refractivity contribution in [2.75, 3.05) is 0 Å². The van der Waals surface area contributed by atoms with Crippen molar-refractivity contribution in [3.63, 3.8) is 0 Å². The Labute approximate surface area is 216 Å². The molecule has 0 radical (unpaired) electrons. The maximum atomic E-state index is 13.5. The summed E-state index contributed by atoms with van der Waals surface area (Å²) in [6.07, 6.45) is 0.694. The molecule has 2 aromatic heterocycles. The maximum absolute atomic E-state index is 13.5. The highest BCUT2D eigenvalue weighted by atomic mass is 16.4. The first-order chi connectivity index (χ1) is 18.0. The molecule has 5 rings (SSSR count). The highest BCUT2D eigenvalue weighted by molar-refractivity contribution is 5.95. The van der Waals surface area contributed by atoms with Crippen LogP contribution in [0.3, 0.4) is 0 Å². The Balaban J connectivity index is 1.44. The van der Waals surface area contributed by atoms with Crippen molar-refractivity contribution in [2.45, 2.75) is 39.2 Å². The maximum Gasteiger partial charge on any atom is 0.268 e. The van der Waals surface area contributed by atoms with Gasteiger partial charge in [0.05, 0.1) is 11.7 Å². The minimum absolute atomic E-state index is 0.141. The Kier molecular flexibility index (Phi) is 6.94. The molecule has 37 heavy (non-hydrogen) atoms. The van der Waals surface area contributed by atoms with Crippen LogP contribution in [0.2, 0.25) is 0 Å². The van der Waals surface area contributed by atoms with Gasteiger partial charge in [0.1, 0.15) is 5.69 Å². The van der Waals surface area contributed by atoms with Crippen LogP contribution in [-0.4, -0.2) is 25.9 Å². The van der Waals surface area contributed by atoms with Crippen molar-refractivity contribution < 1.29 is 9.21 Å². The first-order valence-electron chi connectivity index (χ1n) is 12.4. The van der Waals surface area contributed by atoms with Gasteiger partial charge in [0, 0.05) is 18.2 Å². The SMILES string of the molecule is Cc1nnc(-c2cc(C(C)C)n(-c3cccc(C(=O)NC(Cc4ccccc4)c4ccccc4)c3)n2)o1. The van der Waals surface area contributed by atoms with Gasteiger partial charge in [-0.15, -0.1) is 10.2 Å². The summed E-state index contributed by atoms with van der Waals surface area (Å²) >= 11 is 0. The molecular weight excluding hydrogens is 462 g/mol. The zero-order valence-corrected chi connectivity index (χ0v) is 21.1. The molecule has 1 unspecified atom stereocenters. The predicted octanol–water partition coefficient (Wildman–Crippen LogP) is 6.07. The molecule has 0 bridgehead atoms. The van der Waals surface area contributed by atoms with Gasteiger partial charge in [-0.3, -0.25) is 4.79 Å². The lowest BCUT2D eigenvalue weighted by atomic mass is 9.98. The second kappa shape index (κ2) is 10.6. The molecule has 0 aliphatic carbocycles. The van der Waals surface area contributed by atoms with Crippen molar-refractivity contribution in [2.24, 2.45) is 0 Å². The lowest BCUT2D eigenvalue weighted by Gasteiger charge is -2.20. The number of aryl methyl sites for hydroxylation is 1. The van der Waals surface area contributed by atoms with Crippen LogP contribution in [0.5, 0.6) is 0 Å². The van der Waals surface area contributed by atoms with E-state index in [-0.39, 0.29) is 17.9 Å². The largest absolute Gasteiger partial charge is 0.420 e. The first-order valence-corrected chi connectivity index (χ1v) is 12.4. The van der Waals surface area contributed by atoms with E-state index >= 15 is 0 Å². The van der Waals surface area contributed by atoms with Gasteiger partial charge >= 0.3 is 0 Å². The molecular formula is C30H29N5O2. The Morgan fingerprint density at radius 2 is 1.65 bits per heavy atom. The lowest BCUT2D eigenvalue weighted by Crippen LogP contribution is -2.30. The second-order valence-electron chi connectivity index (χ2n) is 9.32. The second-order valence-corrected chi connectivity index (χ2v) is 9.32. The number of hydrogen-bond donors (Lipinski definition) is 1. The van der Waals surface area contributed by atoms with Crippen molar-refractivity contribution >= 4 is 5.91 Å². The fourth-order valence-corrected chi connectivity index (χ4v) is 4.33. The van der Waals surface area contributed by atoms with Crippen molar-refractivity contribution in [1.82, 2.24) is 25.3 Å². The van der Waals surface area contributed by atoms with Crippen molar-refractivity contribution in [3.8, 4) is 17.3 Å². The van der Waals surface area contributed by atoms with E-state index in [9.17, 15) is 4.79 Å². The summed E-state index contributed by atoms with van der Waals surface area (Å²) in [6, 6.07) is 29.5. The third-order valence-electron chi connectivity index (χ3n) is 6.22. The molecule has 0 aliphatic heterocycles. The molecule has 186 valence electrons. The van der Waals surface area contributed by atoms with Crippen LogP contribution in [-0.2, 0) is 6.42 Å². The van der Waals surface area contributed by atoms with E-state index in [1.165, 1.54) is 0 Å². The number of rotatable bonds is 8. The minimum Gasteiger partial charge on any atom is -0.420 e. The summed E-state index contributed by atoms with van der Waals surface area (Å²) in [5.41, 5.74) is 5.16. The summed E-state index contributed by atoms with van der Waals surface area (Å²) in [5.74, 6) is 0.908. The monoisotopic (exact) mass is 491 g/mol. The molecule has 1 atom stereocenters. The minimum atomic E-state index is -0.164. The van der Waals surface area contributed by atoms with Gasteiger partial charge in [-0.05, 0) is 47.7 Å². The molecule has 7 nitrogen and oxygen atoms in total. The predicted molar refractivity (Wildman–Crippen MR) is 142 cm³/mol. The summed E-state index contributed by atoms with van der Waals surface area (Å²) in [6.45, 7) is 5.95. The molecule has 7 heteroatoms. The number of hydrogen-bond acceptors (Lipinski definition) is 5. The molecule has 1 N–H and O–H groups in total. The highest BCUT2D eigenvalue weighted by Gasteiger charge is 2.20. The number of nitrogens with one attached hydrogen (secondary N) is 1. The van der Waals surface area contributed by atoms with Crippen LogP contribution in [0.25, 0.3) is 17.3 Å². The number of nitrogens with zero attached hydrogens (tertiary/aromatic N) is 4. The van der Waals surface area contributed by atoms with E-state index < -0.39 is 0 Å². The van der Waals surface area contributed by atoms with Crippen molar-refractivity contribution in [1.29, 1.82) is 0 Å². The molecule has 0 fully saturated rings. The summed E-state index contributed by atoms with van der Waals surface area (Å²) in [5, 5.41) is 16.0. The van der Waals surface area contributed by atoms with Crippen LogP contribution in [0, 0.1) is 6.92 Å².